The first-order chi connectivity index (χ1) is 12.2. The van der Waals surface area contributed by atoms with Crippen molar-refractivity contribution in [3.63, 3.8) is 0 Å². The molecule has 3 N–H and O–H groups in total. The average molecular weight is 342 g/mol. The Morgan fingerprint density at radius 1 is 1.28 bits per heavy atom. The van der Waals surface area contributed by atoms with Crippen LogP contribution < -0.4 is 10.6 Å². The minimum Gasteiger partial charge on any atom is -0.461 e. The molecule has 1 aromatic carbocycles. The highest BCUT2D eigenvalue weighted by Gasteiger charge is 2.08. The second-order valence-corrected chi connectivity index (χ2v) is 5.32. The number of H-pyrrole nitrogens is 1. The summed E-state index contributed by atoms with van der Waals surface area (Å²) in [5.74, 6) is 2.19. The normalized spacial score (nSPS) is 11.5. The van der Waals surface area contributed by atoms with Crippen LogP contribution in [-0.4, -0.2) is 34.7 Å². The third-order valence-corrected chi connectivity index (χ3v) is 3.52. The fourth-order valence-corrected chi connectivity index (χ4v) is 2.30. The van der Waals surface area contributed by atoms with Gasteiger partial charge in [0.2, 0.25) is 5.82 Å². The lowest BCUT2D eigenvalue weighted by Gasteiger charge is -2.10. The molecule has 0 saturated carbocycles. The van der Waals surface area contributed by atoms with Gasteiger partial charge in [-0.3, -0.25) is 10.1 Å². The summed E-state index contributed by atoms with van der Waals surface area (Å²) in [7, 11) is 1.69. The number of nitrogens with one attached hydrogen (secondary N) is 3. The second-order valence-electron chi connectivity index (χ2n) is 5.32. The van der Waals surface area contributed by atoms with E-state index < -0.39 is 0 Å². The zero-order chi connectivity index (χ0) is 17.5. The predicted octanol–water partition coefficient (Wildman–Crippen LogP) is 2.11. The lowest BCUT2D eigenvalue weighted by Crippen LogP contribution is -2.38. The van der Waals surface area contributed by atoms with E-state index >= 15 is 0 Å². The maximum absolute atomic E-state index is 13.2. The number of benzene rings is 1. The molecule has 3 rings (SSSR count). The Balaban J connectivity index is 1.46. The minimum absolute atomic E-state index is 0.224. The van der Waals surface area contributed by atoms with Crippen molar-refractivity contribution < 1.29 is 8.81 Å². The van der Waals surface area contributed by atoms with Gasteiger partial charge in [-0.15, -0.1) is 5.10 Å². The fraction of sp³-hybridized carbons (Fsp3) is 0.235. The summed E-state index contributed by atoms with van der Waals surface area (Å²) in [5.41, 5.74) is 0.932. The van der Waals surface area contributed by atoms with Crippen LogP contribution in [0.25, 0.3) is 11.6 Å². The van der Waals surface area contributed by atoms with E-state index in [-0.39, 0.29) is 5.82 Å². The van der Waals surface area contributed by atoms with Gasteiger partial charge in [0, 0.05) is 13.6 Å². The molecule has 0 spiro atoms. The van der Waals surface area contributed by atoms with Crippen LogP contribution in [0.15, 0.2) is 52.1 Å². The molecular formula is C17H19FN6O. The van der Waals surface area contributed by atoms with Gasteiger partial charge in [-0.25, -0.2) is 9.37 Å². The van der Waals surface area contributed by atoms with E-state index in [4.69, 9.17) is 4.42 Å². The molecule has 0 atom stereocenters. The molecule has 25 heavy (non-hydrogen) atoms. The molecule has 0 radical (unpaired) electrons. The molecule has 0 amide bonds. The van der Waals surface area contributed by atoms with Crippen molar-refractivity contribution in [2.75, 3.05) is 13.6 Å². The molecular weight excluding hydrogens is 323 g/mol. The van der Waals surface area contributed by atoms with Crippen molar-refractivity contribution in [2.45, 2.75) is 13.0 Å². The fourth-order valence-electron chi connectivity index (χ4n) is 2.30. The Hall–Kier alpha value is -3.16. The molecule has 7 nitrogen and oxygen atoms in total. The first kappa shape index (κ1) is 16.7. The molecule has 2 heterocycles. The topological polar surface area (TPSA) is 91.1 Å². The Kier molecular flexibility index (Phi) is 5.40. The van der Waals surface area contributed by atoms with Gasteiger partial charge < -0.3 is 15.1 Å². The van der Waals surface area contributed by atoms with Gasteiger partial charge in [-0.05, 0) is 36.2 Å². The molecule has 2 aromatic heterocycles. The molecule has 130 valence electrons. The van der Waals surface area contributed by atoms with Crippen molar-refractivity contribution in [3.05, 3.63) is 59.9 Å². The first-order valence-corrected chi connectivity index (χ1v) is 7.88. The van der Waals surface area contributed by atoms with E-state index in [1.165, 1.54) is 12.1 Å². The number of nitrogens with zero attached hydrogens (tertiary/aromatic N) is 3. The summed E-state index contributed by atoms with van der Waals surface area (Å²) in [5, 5.41) is 13.3. The quantitative estimate of drug-likeness (QED) is 0.471. The molecule has 8 heteroatoms. The Bertz CT molecular complexity index is 827. The van der Waals surface area contributed by atoms with Crippen molar-refractivity contribution in [1.29, 1.82) is 0 Å². The zero-order valence-corrected chi connectivity index (χ0v) is 13.8. The lowest BCUT2D eigenvalue weighted by molar-refractivity contribution is 0.577. The van der Waals surface area contributed by atoms with E-state index in [0.29, 0.717) is 42.9 Å². The number of rotatable bonds is 6. The van der Waals surface area contributed by atoms with Crippen molar-refractivity contribution in [2.24, 2.45) is 4.99 Å². The smallest absolute Gasteiger partial charge is 0.216 e. The summed E-state index contributed by atoms with van der Waals surface area (Å²) in [4.78, 5) is 8.50. The zero-order valence-electron chi connectivity index (χ0n) is 13.8. The summed E-state index contributed by atoms with van der Waals surface area (Å²) in [6, 6.07) is 10.2. The molecule has 3 aromatic rings. The van der Waals surface area contributed by atoms with Crippen LogP contribution in [0.5, 0.6) is 0 Å². The number of aromatic nitrogens is 3. The Morgan fingerprint density at radius 2 is 2.20 bits per heavy atom. The molecule has 0 saturated heterocycles. The van der Waals surface area contributed by atoms with Crippen LogP contribution in [0, 0.1) is 5.82 Å². The minimum atomic E-state index is -0.224. The van der Waals surface area contributed by atoms with E-state index in [2.05, 4.69) is 30.8 Å². The van der Waals surface area contributed by atoms with Crippen LogP contribution in [0.1, 0.15) is 11.4 Å². The summed E-state index contributed by atoms with van der Waals surface area (Å²) in [6.45, 7) is 1.07. The SMILES string of the molecule is CN=C(NCCc1cccc(F)c1)NCc1nc(-c2ccco2)n[nH]1. The average Bonchev–Trinajstić information content (AvgIpc) is 3.29. The number of halogens is 1. The number of aliphatic imine (C=N–C) groups is 1. The maximum atomic E-state index is 13.2. The lowest BCUT2D eigenvalue weighted by atomic mass is 10.1. The third kappa shape index (κ3) is 4.66. The summed E-state index contributed by atoms with van der Waals surface area (Å²) >= 11 is 0. The van der Waals surface area contributed by atoms with Crippen LogP contribution in [0.4, 0.5) is 4.39 Å². The highest BCUT2D eigenvalue weighted by Crippen LogP contribution is 2.14. The number of aromatic amines is 1. The number of hydrogen-bond acceptors (Lipinski definition) is 4. The van der Waals surface area contributed by atoms with E-state index in [9.17, 15) is 4.39 Å². The Morgan fingerprint density at radius 3 is 2.96 bits per heavy atom. The molecule has 0 aliphatic carbocycles. The number of furan rings is 1. The molecule has 0 bridgehead atoms. The van der Waals surface area contributed by atoms with Gasteiger partial charge in [0.15, 0.2) is 11.7 Å². The van der Waals surface area contributed by atoms with Crippen molar-refractivity contribution in [3.8, 4) is 11.6 Å². The monoisotopic (exact) mass is 342 g/mol. The largest absolute Gasteiger partial charge is 0.461 e. The van der Waals surface area contributed by atoms with Crippen molar-refractivity contribution >= 4 is 5.96 Å². The van der Waals surface area contributed by atoms with Gasteiger partial charge in [0.05, 0.1) is 12.8 Å². The van der Waals surface area contributed by atoms with Crippen LogP contribution >= 0.6 is 0 Å². The van der Waals surface area contributed by atoms with E-state index in [1.807, 2.05) is 6.07 Å². The second kappa shape index (κ2) is 8.09. The first-order valence-electron chi connectivity index (χ1n) is 7.88. The molecule has 0 fully saturated rings. The van der Waals surface area contributed by atoms with Gasteiger partial charge >= 0.3 is 0 Å². The van der Waals surface area contributed by atoms with E-state index in [1.54, 1.807) is 31.5 Å². The van der Waals surface area contributed by atoms with Crippen molar-refractivity contribution in [1.82, 2.24) is 25.8 Å². The highest BCUT2D eigenvalue weighted by atomic mass is 19.1. The third-order valence-electron chi connectivity index (χ3n) is 3.52. The summed E-state index contributed by atoms with van der Waals surface area (Å²) < 4.78 is 18.4. The molecule has 0 aliphatic heterocycles. The molecule has 0 aliphatic rings. The van der Waals surface area contributed by atoms with Gasteiger partial charge in [0.1, 0.15) is 11.6 Å². The molecule has 0 unspecified atom stereocenters. The summed E-state index contributed by atoms with van der Waals surface area (Å²) in [6.07, 6.45) is 2.28. The van der Waals surface area contributed by atoms with Crippen LogP contribution in [0.2, 0.25) is 0 Å². The van der Waals surface area contributed by atoms with Crippen LogP contribution in [0.3, 0.4) is 0 Å². The predicted molar refractivity (Wildman–Crippen MR) is 92.4 cm³/mol. The number of hydrogen-bond donors (Lipinski definition) is 3. The van der Waals surface area contributed by atoms with Crippen LogP contribution in [-0.2, 0) is 13.0 Å². The highest BCUT2D eigenvalue weighted by molar-refractivity contribution is 5.79. The standard InChI is InChI=1S/C17H19FN6O/c1-19-17(20-8-7-12-4-2-5-13(18)10-12)21-11-15-22-16(24-23-15)14-6-3-9-25-14/h2-6,9-10H,7-8,11H2,1H3,(H2,19,20,21)(H,22,23,24). The van der Waals surface area contributed by atoms with Gasteiger partial charge in [-0.1, -0.05) is 12.1 Å². The van der Waals surface area contributed by atoms with Gasteiger partial charge in [0.25, 0.3) is 0 Å². The number of guanidine groups is 1. The maximum Gasteiger partial charge on any atom is 0.216 e. The van der Waals surface area contributed by atoms with Gasteiger partial charge in [-0.2, -0.15) is 0 Å². The van der Waals surface area contributed by atoms with E-state index in [0.717, 1.165) is 5.56 Å². The Labute approximate surface area is 144 Å².